The van der Waals surface area contributed by atoms with Crippen LogP contribution in [0.4, 0.5) is 5.95 Å². The molecule has 2 heterocycles. The minimum absolute atomic E-state index is 0.449. The largest absolute Gasteiger partial charge is 0.491 e. The van der Waals surface area contributed by atoms with Crippen LogP contribution in [0.3, 0.4) is 0 Å². The number of halogens is 1. The fraction of sp³-hybridized carbons (Fsp3) is 0.125. The molecule has 0 N–H and O–H groups in total. The zero-order chi connectivity index (χ0) is 11.7. The van der Waals surface area contributed by atoms with Gasteiger partial charge in [-0.3, -0.25) is 0 Å². The van der Waals surface area contributed by atoms with Gasteiger partial charge in [0, 0.05) is 11.3 Å². The zero-order valence-corrected chi connectivity index (χ0v) is 9.75. The molecule has 7 nitrogen and oxygen atoms in total. The van der Waals surface area contributed by atoms with E-state index in [2.05, 4.69) is 31.0 Å². The van der Waals surface area contributed by atoms with E-state index in [-0.39, 0.29) is 0 Å². The summed E-state index contributed by atoms with van der Waals surface area (Å²) in [6, 6.07) is 1.82. The second-order valence-corrected chi connectivity index (χ2v) is 3.80. The molecule has 0 spiro atoms. The van der Waals surface area contributed by atoms with E-state index in [4.69, 9.17) is 0 Å². The van der Waals surface area contributed by atoms with E-state index in [9.17, 15) is 10.1 Å². The van der Waals surface area contributed by atoms with Crippen molar-refractivity contribution in [2.75, 3.05) is 0 Å². The third kappa shape index (κ3) is 1.78. The van der Waals surface area contributed by atoms with Gasteiger partial charge >= 0.3 is 5.95 Å². The lowest BCUT2D eigenvalue weighted by molar-refractivity contribution is -0.394. The molecule has 2 aromatic rings. The molecule has 0 atom stereocenters. The maximum absolute atomic E-state index is 10.4. The monoisotopic (exact) mass is 283 g/mol. The Balaban J connectivity index is 2.50. The van der Waals surface area contributed by atoms with Crippen molar-refractivity contribution in [1.82, 2.24) is 19.7 Å². The fourth-order valence-electron chi connectivity index (χ4n) is 1.13. The Morgan fingerprint density at radius 2 is 2.25 bits per heavy atom. The summed E-state index contributed by atoms with van der Waals surface area (Å²) < 4.78 is 1.99. The zero-order valence-electron chi connectivity index (χ0n) is 8.16. The number of hydrogen-bond donors (Lipinski definition) is 0. The van der Waals surface area contributed by atoms with E-state index < -0.39 is 10.9 Å². The maximum atomic E-state index is 10.4. The van der Waals surface area contributed by atoms with Gasteiger partial charge < -0.3 is 10.1 Å². The summed E-state index contributed by atoms with van der Waals surface area (Å²) >= 11 is 3.34. The molecule has 2 aromatic heterocycles. The van der Waals surface area contributed by atoms with Gasteiger partial charge in [-0.2, -0.15) is 0 Å². The number of pyridine rings is 1. The van der Waals surface area contributed by atoms with E-state index in [1.165, 1.54) is 11.0 Å². The summed E-state index contributed by atoms with van der Waals surface area (Å²) in [5, 5.41) is 14.1. The van der Waals surface area contributed by atoms with Crippen molar-refractivity contribution in [2.24, 2.45) is 0 Å². The number of hydrogen-bond acceptors (Lipinski definition) is 5. The van der Waals surface area contributed by atoms with Crippen LogP contribution in [0.1, 0.15) is 5.56 Å². The number of nitrogens with zero attached hydrogens (tertiary/aromatic N) is 5. The van der Waals surface area contributed by atoms with Crippen molar-refractivity contribution in [3.63, 3.8) is 0 Å². The van der Waals surface area contributed by atoms with Gasteiger partial charge in [-0.05, 0) is 39.4 Å². The second-order valence-electron chi connectivity index (χ2n) is 3.01. The molecule has 0 fully saturated rings. The predicted molar refractivity (Wildman–Crippen MR) is 58.2 cm³/mol. The first-order chi connectivity index (χ1) is 7.59. The molecule has 0 unspecified atom stereocenters. The Morgan fingerprint density at radius 3 is 2.88 bits per heavy atom. The van der Waals surface area contributed by atoms with Gasteiger partial charge in [0.15, 0.2) is 5.82 Å². The van der Waals surface area contributed by atoms with Crippen LogP contribution in [0.2, 0.25) is 0 Å². The second kappa shape index (κ2) is 3.97. The highest BCUT2D eigenvalue weighted by Crippen LogP contribution is 2.21. The van der Waals surface area contributed by atoms with Gasteiger partial charge in [-0.25, -0.2) is 4.98 Å². The first-order valence-corrected chi connectivity index (χ1v) is 5.06. The van der Waals surface area contributed by atoms with Crippen LogP contribution in [0, 0.1) is 17.0 Å². The lowest BCUT2D eigenvalue weighted by atomic mass is 10.3. The van der Waals surface area contributed by atoms with E-state index in [1.54, 1.807) is 6.20 Å². The molecule has 82 valence electrons. The molecule has 0 aliphatic heterocycles. The average Bonchev–Trinajstić information content (AvgIpc) is 2.71. The van der Waals surface area contributed by atoms with Crippen molar-refractivity contribution in [3.05, 3.63) is 38.7 Å². The van der Waals surface area contributed by atoms with Crippen LogP contribution in [0.5, 0.6) is 0 Å². The third-order valence-corrected chi connectivity index (χ3v) is 2.90. The van der Waals surface area contributed by atoms with E-state index in [0.717, 1.165) is 10.0 Å². The molecule has 16 heavy (non-hydrogen) atoms. The topological polar surface area (TPSA) is 86.7 Å². The number of nitro groups is 1. The molecule has 0 saturated heterocycles. The SMILES string of the molecule is Cc1ccnc(-n2cnc([N+](=O)[O-])n2)c1Br. The van der Waals surface area contributed by atoms with Crippen LogP contribution in [-0.4, -0.2) is 24.7 Å². The molecule has 0 amide bonds. The third-order valence-electron chi connectivity index (χ3n) is 1.92. The van der Waals surface area contributed by atoms with E-state index >= 15 is 0 Å². The summed E-state index contributed by atoms with van der Waals surface area (Å²) in [6.45, 7) is 1.89. The van der Waals surface area contributed by atoms with Gasteiger partial charge in [0.05, 0.1) is 4.47 Å². The van der Waals surface area contributed by atoms with E-state index in [1.807, 2.05) is 13.0 Å². The molecule has 0 radical (unpaired) electrons. The van der Waals surface area contributed by atoms with Crippen LogP contribution in [-0.2, 0) is 0 Å². The number of rotatable bonds is 2. The molecule has 8 heteroatoms. The number of aromatic nitrogens is 4. The van der Waals surface area contributed by atoms with Crippen molar-refractivity contribution in [1.29, 1.82) is 0 Å². The minimum Gasteiger partial charge on any atom is -0.390 e. The summed E-state index contributed by atoms with van der Waals surface area (Å²) in [4.78, 5) is 17.4. The van der Waals surface area contributed by atoms with Gasteiger partial charge in [0.25, 0.3) is 0 Å². The van der Waals surface area contributed by atoms with Crippen LogP contribution in [0.15, 0.2) is 23.1 Å². The summed E-state index contributed by atoms with van der Waals surface area (Å²) in [5.41, 5.74) is 0.961. The first-order valence-electron chi connectivity index (χ1n) is 4.27. The predicted octanol–water partition coefficient (Wildman–Crippen LogP) is 1.64. The highest BCUT2D eigenvalue weighted by molar-refractivity contribution is 9.10. The lowest BCUT2D eigenvalue weighted by Crippen LogP contribution is -2.01. The molecule has 0 saturated carbocycles. The van der Waals surface area contributed by atoms with Crippen molar-refractivity contribution in [3.8, 4) is 5.82 Å². The minimum atomic E-state index is -0.653. The van der Waals surface area contributed by atoms with Crippen LogP contribution >= 0.6 is 15.9 Å². The Kier molecular flexibility index (Phi) is 2.65. The number of aryl methyl sites for hydroxylation is 1. The normalized spacial score (nSPS) is 10.4. The van der Waals surface area contributed by atoms with Gasteiger partial charge in [-0.1, -0.05) is 4.98 Å². The fourth-order valence-corrected chi connectivity index (χ4v) is 1.54. The van der Waals surface area contributed by atoms with Crippen molar-refractivity contribution >= 4 is 21.9 Å². The van der Waals surface area contributed by atoms with Gasteiger partial charge in [-0.15, -0.1) is 4.68 Å². The highest BCUT2D eigenvalue weighted by Gasteiger charge is 2.17. The quantitative estimate of drug-likeness (QED) is 0.618. The van der Waals surface area contributed by atoms with Gasteiger partial charge in [0.2, 0.25) is 6.33 Å². The molecular formula is C8H6BrN5O2. The van der Waals surface area contributed by atoms with Crippen molar-refractivity contribution in [2.45, 2.75) is 6.92 Å². The Bertz CT molecular complexity index is 553. The average molecular weight is 284 g/mol. The highest BCUT2D eigenvalue weighted by atomic mass is 79.9. The summed E-state index contributed by atoms with van der Waals surface area (Å²) in [7, 11) is 0. The molecule has 0 aromatic carbocycles. The Morgan fingerprint density at radius 1 is 1.50 bits per heavy atom. The smallest absolute Gasteiger partial charge is 0.390 e. The molecule has 0 bridgehead atoms. The molecule has 0 aliphatic rings. The Hall–Kier alpha value is -1.83. The molecular weight excluding hydrogens is 278 g/mol. The van der Waals surface area contributed by atoms with Crippen LogP contribution in [0.25, 0.3) is 5.82 Å². The summed E-state index contributed by atoms with van der Waals surface area (Å²) in [6.07, 6.45) is 2.85. The van der Waals surface area contributed by atoms with E-state index in [0.29, 0.717) is 5.82 Å². The van der Waals surface area contributed by atoms with Crippen molar-refractivity contribution < 1.29 is 4.92 Å². The van der Waals surface area contributed by atoms with Crippen LogP contribution < -0.4 is 0 Å². The van der Waals surface area contributed by atoms with Gasteiger partial charge in [0.1, 0.15) is 0 Å². The molecule has 0 aliphatic carbocycles. The standard InChI is InChI=1S/C8H6BrN5O2/c1-5-2-3-10-7(6(5)9)13-4-11-8(12-13)14(15)16/h2-4H,1H3. The lowest BCUT2D eigenvalue weighted by Gasteiger charge is -2.01. The molecule has 2 rings (SSSR count). The maximum Gasteiger partial charge on any atom is 0.491 e. The first kappa shape index (κ1) is 10.7. The Labute approximate surface area is 98.4 Å². The summed E-state index contributed by atoms with van der Waals surface area (Å²) in [5.74, 6) is 0.0239.